The first kappa shape index (κ1) is 33.8. The van der Waals surface area contributed by atoms with Gasteiger partial charge in [0.25, 0.3) is 5.91 Å². The van der Waals surface area contributed by atoms with Gasteiger partial charge < -0.3 is 15.5 Å². The number of anilines is 3. The number of Topliss-reactive ketones (excluding diaryl/α,β-unsaturated/α-hetero) is 1. The van der Waals surface area contributed by atoms with Crippen molar-refractivity contribution in [3.05, 3.63) is 90.0 Å². The zero-order valence-electron chi connectivity index (χ0n) is 28.9. The number of nitrogens with one attached hydrogen (secondary N) is 2. The Hall–Kier alpha value is -5.12. The van der Waals surface area contributed by atoms with Crippen LogP contribution in [0.25, 0.3) is 10.9 Å². The molecule has 2 unspecified atom stereocenters. The highest BCUT2D eigenvalue weighted by Crippen LogP contribution is 2.32. The predicted molar refractivity (Wildman–Crippen MR) is 195 cm³/mol. The van der Waals surface area contributed by atoms with E-state index in [0.29, 0.717) is 28.8 Å². The third-order valence-electron chi connectivity index (χ3n) is 9.64. The molecule has 2 N–H and O–H groups in total. The third kappa shape index (κ3) is 7.48. The second-order valence-corrected chi connectivity index (χ2v) is 13.7. The van der Waals surface area contributed by atoms with E-state index in [2.05, 4.69) is 29.6 Å². The molecule has 1 aliphatic carbocycles. The predicted octanol–water partition coefficient (Wildman–Crippen LogP) is 6.59. The Kier molecular flexibility index (Phi) is 10.0. The molecule has 10 heteroatoms. The Morgan fingerprint density at radius 1 is 0.878 bits per heavy atom. The molecule has 0 saturated heterocycles. The molecule has 1 aromatic heterocycles. The second kappa shape index (κ2) is 14.6. The number of aromatic nitrogens is 2. The lowest BCUT2D eigenvalue weighted by Crippen LogP contribution is -2.47. The molecule has 1 fully saturated rings. The van der Waals surface area contributed by atoms with Crippen LogP contribution in [-0.4, -0.2) is 59.5 Å². The molecule has 3 aromatic carbocycles. The van der Waals surface area contributed by atoms with Crippen LogP contribution in [0.4, 0.5) is 17.5 Å². The van der Waals surface area contributed by atoms with E-state index < -0.39 is 11.8 Å². The zero-order valence-corrected chi connectivity index (χ0v) is 28.9. The monoisotopic (exact) mass is 659 g/mol. The Morgan fingerprint density at radius 2 is 1.53 bits per heavy atom. The fourth-order valence-electron chi connectivity index (χ4n) is 6.87. The van der Waals surface area contributed by atoms with Crippen LogP contribution in [0.15, 0.2) is 84.0 Å². The fraction of sp³-hybridized carbons (Fsp3) is 0.385. The average Bonchev–Trinajstić information content (AvgIpc) is 3.40. The van der Waals surface area contributed by atoms with E-state index in [4.69, 9.17) is 9.97 Å². The van der Waals surface area contributed by atoms with Crippen molar-refractivity contribution in [1.82, 2.24) is 15.3 Å². The molecule has 2 amide bonds. The number of carbonyl (C=O) groups is 3. The summed E-state index contributed by atoms with van der Waals surface area (Å²) in [7, 11) is 3.95. The molecular formula is C39H45N7O3. The number of nitrogens with zero attached hydrogens (tertiary/aromatic N) is 5. The van der Waals surface area contributed by atoms with Gasteiger partial charge in [0.1, 0.15) is 5.82 Å². The number of carbonyl (C=O) groups excluding carboxylic acids is 3. The minimum atomic E-state index is -0.895. The summed E-state index contributed by atoms with van der Waals surface area (Å²) in [5.41, 5.74) is 3.70. The zero-order chi connectivity index (χ0) is 34.7. The minimum absolute atomic E-state index is 0.0812. The van der Waals surface area contributed by atoms with E-state index in [1.54, 1.807) is 6.92 Å². The number of ketones is 1. The number of hydrogen-bond acceptors (Lipinski definition) is 8. The first-order valence-corrected chi connectivity index (χ1v) is 17.2. The molecule has 0 radical (unpaired) electrons. The maximum Gasteiger partial charge on any atom is 0.257 e. The van der Waals surface area contributed by atoms with Gasteiger partial charge in [-0.25, -0.2) is 9.99 Å². The highest BCUT2D eigenvalue weighted by Gasteiger charge is 2.44. The molecule has 49 heavy (non-hydrogen) atoms. The quantitative estimate of drug-likeness (QED) is 0.175. The largest absolute Gasteiger partial charge is 0.362 e. The molecule has 1 aliphatic heterocycles. The van der Waals surface area contributed by atoms with Gasteiger partial charge in [-0.2, -0.15) is 10.1 Å². The van der Waals surface area contributed by atoms with Gasteiger partial charge in [0.2, 0.25) is 11.9 Å². The summed E-state index contributed by atoms with van der Waals surface area (Å²) in [6.45, 7) is 5.97. The molecule has 1 saturated carbocycles. The Balaban J connectivity index is 1.15. The Morgan fingerprint density at radius 3 is 2.20 bits per heavy atom. The molecule has 0 spiro atoms. The lowest BCUT2D eigenvalue weighted by molar-refractivity contribution is -0.131. The van der Waals surface area contributed by atoms with Crippen LogP contribution in [-0.2, 0) is 9.59 Å². The molecular weight excluding hydrogens is 614 g/mol. The lowest BCUT2D eigenvalue weighted by Gasteiger charge is -2.31. The first-order valence-electron chi connectivity index (χ1n) is 17.2. The smallest absolute Gasteiger partial charge is 0.257 e. The summed E-state index contributed by atoms with van der Waals surface area (Å²) in [5, 5.41) is 13.7. The van der Waals surface area contributed by atoms with Crippen molar-refractivity contribution in [2.45, 2.75) is 70.9 Å². The van der Waals surface area contributed by atoms with Crippen molar-refractivity contribution in [3.63, 3.8) is 0 Å². The van der Waals surface area contributed by atoms with Crippen molar-refractivity contribution in [2.75, 3.05) is 29.3 Å². The van der Waals surface area contributed by atoms with Crippen LogP contribution >= 0.6 is 0 Å². The maximum absolute atomic E-state index is 14.1. The summed E-state index contributed by atoms with van der Waals surface area (Å²) in [5.74, 6) is -0.713. The van der Waals surface area contributed by atoms with Gasteiger partial charge in [-0.15, -0.1) is 0 Å². The summed E-state index contributed by atoms with van der Waals surface area (Å²) >= 11 is 0. The topological polar surface area (TPSA) is 120 Å². The summed E-state index contributed by atoms with van der Waals surface area (Å²) in [6.07, 6.45) is 3.03. The van der Waals surface area contributed by atoms with Crippen LogP contribution < -0.4 is 20.5 Å². The summed E-state index contributed by atoms with van der Waals surface area (Å²) < 4.78 is 0. The van der Waals surface area contributed by atoms with Crippen LogP contribution in [0.3, 0.4) is 0 Å². The number of hydrogen-bond donors (Lipinski definition) is 2. The molecule has 0 bridgehead atoms. The van der Waals surface area contributed by atoms with Crippen LogP contribution in [0.1, 0.15) is 74.7 Å². The van der Waals surface area contributed by atoms with E-state index in [-0.39, 0.29) is 36.1 Å². The van der Waals surface area contributed by atoms with E-state index in [9.17, 15) is 14.4 Å². The fourth-order valence-corrected chi connectivity index (χ4v) is 6.87. The number of hydrazone groups is 1. The van der Waals surface area contributed by atoms with Gasteiger partial charge in [0.15, 0.2) is 5.78 Å². The second-order valence-electron chi connectivity index (χ2n) is 13.7. The molecule has 2 heterocycles. The number of benzene rings is 3. The molecule has 4 aromatic rings. The van der Waals surface area contributed by atoms with Crippen molar-refractivity contribution >= 4 is 51.7 Å². The van der Waals surface area contributed by atoms with Gasteiger partial charge in [-0.05, 0) is 68.4 Å². The highest BCUT2D eigenvalue weighted by atomic mass is 16.2. The summed E-state index contributed by atoms with van der Waals surface area (Å²) in [4.78, 5) is 53.2. The number of rotatable bonds is 11. The van der Waals surface area contributed by atoms with E-state index in [1.807, 2.05) is 97.9 Å². The number of amides is 2. The lowest BCUT2D eigenvalue weighted by atomic mass is 9.82. The first-order chi connectivity index (χ1) is 23.6. The molecule has 10 nitrogen and oxygen atoms in total. The van der Waals surface area contributed by atoms with Gasteiger partial charge >= 0.3 is 0 Å². The van der Waals surface area contributed by atoms with Crippen molar-refractivity contribution in [1.29, 1.82) is 0 Å². The van der Waals surface area contributed by atoms with Crippen LogP contribution in [0, 0.1) is 11.8 Å². The van der Waals surface area contributed by atoms with Crippen molar-refractivity contribution in [3.8, 4) is 0 Å². The van der Waals surface area contributed by atoms with Crippen molar-refractivity contribution in [2.24, 2.45) is 16.9 Å². The molecule has 2 atom stereocenters. The van der Waals surface area contributed by atoms with Crippen LogP contribution in [0.5, 0.6) is 0 Å². The Bertz CT molecular complexity index is 1850. The molecule has 6 rings (SSSR count). The van der Waals surface area contributed by atoms with E-state index >= 15 is 0 Å². The highest BCUT2D eigenvalue weighted by molar-refractivity contribution is 6.17. The normalized spacial score (nSPS) is 19.9. The minimum Gasteiger partial charge on any atom is -0.362 e. The number of fused-ring (bicyclic) bond motifs is 1. The van der Waals surface area contributed by atoms with Gasteiger partial charge in [-0.3, -0.25) is 14.4 Å². The van der Waals surface area contributed by atoms with Gasteiger partial charge in [-0.1, -0.05) is 68.4 Å². The van der Waals surface area contributed by atoms with E-state index in [1.165, 1.54) is 5.01 Å². The van der Waals surface area contributed by atoms with Gasteiger partial charge in [0, 0.05) is 49.3 Å². The molecule has 254 valence electrons. The number of para-hydroxylation sites is 2. The standard InChI is InChI=1S/C39H45N7O3/c1-24(2)26-15-17-27(18-16-26)34(47)23-32(35-25(3)44-46(38(35)49)30-11-7-6-8-12-30)37(48)40-28-19-21-29(22-20-28)41-39-42-33-14-10-9-13-31(33)36(43-39)45(4)5/h6-18,24,28-29,32,35H,19-23H2,1-5H3,(H,40,48)(H,41,42,43). The summed E-state index contributed by atoms with van der Waals surface area (Å²) in [6, 6.07) is 24.8. The SMILES string of the molecule is CC1=NN(c2ccccc2)C(=O)C1C(CC(=O)c1ccc(C(C)C)cc1)C(=O)NC1CCC(Nc2nc(N(C)C)c3ccccc3n2)CC1. The van der Waals surface area contributed by atoms with E-state index in [0.717, 1.165) is 48.0 Å². The van der Waals surface area contributed by atoms with Gasteiger partial charge in [0.05, 0.1) is 23.0 Å². The van der Waals surface area contributed by atoms with Crippen LogP contribution in [0.2, 0.25) is 0 Å². The Labute approximate surface area is 288 Å². The average molecular weight is 660 g/mol. The third-order valence-corrected chi connectivity index (χ3v) is 9.64. The molecule has 2 aliphatic rings. The maximum atomic E-state index is 14.1. The van der Waals surface area contributed by atoms with Crippen molar-refractivity contribution < 1.29 is 14.4 Å².